The zero-order chi connectivity index (χ0) is 18.6. The molecule has 4 rings (SSSR count). The van der Waals surface area contributed by atoms with E-state index in [0.717, 1.165) is 16.3 Å². The zero-order valence-electron chi connectivity index (χ0n) is 14.1. The van der Waals surface area contributed by atoms with E-state index in [2.05, 4.69) is 15.3 Å². The molecule has 1 amide bonds. The maximum absolute atomic E-state index is 11.9. The Labute approximate surface area is 157 Å². The number of H-pyrrole nitrogens is 1. The van der Waals surface area contributed by atoms with Crippen LogP contribution in [0.1, 0.15) is 5.01 Å². The Morgan fingerprint density at radius 1 is 1.22 bits per heavy atom. The number of nitrogens with one attached hydrogen (secondary N) is 2. The predicted octanol–water partition coefficient (Wildman–Crippen LogP) is 2.94. The summed E-state index contributed by atoms with van der Waals surface area (Å²) >= 11 is 1.44. The van der Waals surface area contributed by atoms with Crippen molar-refractivity contribution in [2.45, 2.75) is 6.54 Å². The number of para-hydroxylation sites is 1. The molecular weight excluding hydrogens is 366 g/mol. The van der Waals surface area contributed by atoms with Crippen molar-refractivity contribution < 1.29 is 13.9 Å². The molecule has 2 aromatic heterocycles. The quantitative estimate of drug-likeness (QED) is 0.535. The lowest BCUT2D eigenvalue weighted by molar-refractivity contribution is -0.123. The lowest BCUT2D eigenvalue weighted by atomic mass is 10.1. The van der Waals surface area contributed by atoms with Gasteiger partial charge in [-0.25, -0.2) is 9.78 Å². The van der Waals surface area contributed by atoms with Gasteiger partial charge < -0.3 is 14.5 Å². The van der Waals surface area contributed by atoms with Gasteiger partial charge in [0.25, 0.3) is 5.91 Å². The Morgan fingerprint density at radius 2 is 2.07 bits per heavy atom. The van der Waals surface area contributed by atoms with Gasteiger partial charge in [0.2, 0.25) is 0 Å². The van der Waals surface area contributed by atoms with Crippen LogP contribution in [0.25, 0.3) is 22.4 Å². The monoisotopic (exact) mass is 381 g/mol. The van der Waals surface area contributed by atoms with Crippen molar-refractivity contribution in [3.05, 3.63) is 69.5 Å². The molecule has 0 spiro atoms. The number of aromatic amines is 1. The van der Waals surface area contributed by atoms with Crippen molar-refractivity contribution in [2.75, 3.05) is 6.61 Å². The molecule has 27 heavy (non-hydrogen) atoms. The number of hydrogen-bond acceptors (Lipinski definition) is 6. The average Bonchev–Trinajstić information content (AvgIpc) is 3.30. The molecule has 4 aromatic rings. The first kappa shape index (κ1) is 17.0. The third-order valence-corrected chi connectivity index (χ3v) is 4.67. The summed E-state index contributed by atoms with van der Waals surface area (Å²) < 4.78 is 10.5. The molecule has 2 aromatic carbocycles. The maximum Gasteiger partial charge on any atom is 0.417 e. The van der Waals surface area contributed by atoms with E-state index in [-0.39, 0.29) is 12.5 Å². The summed E-state index contributed by atoms with van der Waals surface area (Å²) in [6, 6.07) is 14.6. The van der Waals surface area contributed by atoms with Crippen molar-refractivity contribution in [3.8, 4) is 17.0 Å². The summed E-state index contributed by atoms with van der Waals surface area (Å²) in [6.07, 6.45) is 0. The number of aromatic nitrogens is 2. The second kappa shape index (κ2) is 7.46. The Bertz CT molecular complexity index is 1130. The minimum absolute atomic E-state index is 0.0502. The van der Waals surface area contributed by atoms with Crippen molar-refractivity contribution in [2.24, 2.45) is 0 Å². The number of nitrogens with zero attached hydrogens (tertiary/aromatic N) is 1. The fourth-order valence-electron chi connectivity index (χ4n) is 2.52. The number of oxazole rings is 1. The highest BCUT2D eigenvalue weighted by atomic mass is 32.1. The molecule has 0 unspecified atom stereocenters. The van der Waals surface area contributed by atoms with Crippen LogP contribution in [0.2, 0.25) is 0 Å². The summed E-state index contributed by atoms with van der Waals surface area (Å²) in [5.41, 5.74) is 2.73. The van der Waals surface area contributed by atoms with Crippen molar-refractivity contribution in [1.29, 1.82) is 0 Å². The minimum atomic E-state index is -0.485. The lowest BCUT2D eigenvalue weighted by Crippen LogP contribution is -2.28. The van der Waals surface area contributed by atoms with Crippen LogP contribution in [0.4, 0.5) is 0 Å². The minimum Gasteiger partial charge on any atom is -0.484 e. The third-order valence-electron chi connectivity index (χ3n) is 3.82. The second-order valence-electron chi connectivity index (χ2n) is 5.73. The fraction of sp³-hybridized carbons (Fsp3) is 0.105. The normalized spacial score (nSPS) is 10.8. The molecule has 0 saturated carbocycles. The van der Waals surface area contributed by atoms with Crippen molar-refractivity contribution in [1.82, 2.24) is 15.3 Å². The molecule has 8 heteroatoms. The van der Waals surface area contributed by atoms with Crippen molar-refractivity contribution >= 4 is 28.3 Å². The Kier molecular flexibility index (Phi) is 4.71. The first-order chi connectivity index (χ1) is 13.2. The fourth-order valence-corrected chi connectivity index (χ4v) is 3.26. The van der Waals surface area contributed by atoms with Crippen LogP contribution in [-0.2, 0) is 11.3 Å². The van der Waals surface area contributed by atoms with E-state index in [1.54, 1.807) is 24.3 Å². The molecule has 0 aliphatic heterocycles. The van der Waals surface area contributed by atoms with Gasteiger partial charge in [0, 0.05) is 10.9 Å². The van der Waals surface area contributed by atoms with E-state index in [4.69, 9.17) is 9.15 Å². The van der Waals surface area contributed by atoms with Gasteiger partial charge in [-0.3, -0.25) is 9.78 Å². The van der Waals surface area contributed by atoms with Gasteiger partial charge >= 0.3 is 5.76 Å². The molecule has 2 heterocycles. The molecule has 0 atom stereocenters. The molecule has 7 nitrogen and oxygen atoms in total. The van der Waals surface area contributed by atoms with Crippen LogP contribution < -0.4 is 15.8 Å². The predicted molar refractivity (Wildman–Crippen MR) is 102 cm³/mol. The molecule has 0 aliphatic rings. The summed E-state index contributed by atoms with van der Waals surface area (Å²) in [5, 5.41) is 5.45. The second-order valence-corrected chi connectivity index (χ2v) is 6.67. The van der Waals surface area contributed by atoms with Crippen LogP contribution in [0.15, 0.2) is 63.1 Å². The van der Waals surface area contributed by atoms with E-state index in [9.17, 15) is 9.59 Å². The third kappa shape index (κ3) is 4.06. The van der Waals surface area contributed by atoms with E-state index in [0.29, 0.717) is 23.4 Å². The molecule has 0 aliphatic carbocycles. The molecule has 2 N–H and O–H groups in total. The van der Waals surface area contributed by atoms with Gasteiger partial charge in [-0.05, 0) is 24.3 Å². The highest BCUT2D eigenvalue weighted by molar-refractivity contribution is 7.09. The molecule has 0 bridgehead atoms. The number of thiazole rings is 1. The number of amides is 1. The zero-order valence-corrected chi connectivity index (χ0v) is 14.9. The van der Waals surface area contributed by atoms with Crippen LogP contribution >= 0.6 is 11.3 Å². The molecule has 0 radical (unpaired) electrons. The summed E-state index contributed by atoms with van der Waals surface area (Å²) in [5.74, 6) is -0.0522. The van der Waals surface area contributed by atoms with Gasteiger partial charge in [-0.15, -0.1) is 11.3 Å². The average molecular weight is 381 g/mol. The number of carbonyl (C=O) groups excluding carboxylic acids is 1. The maximum atomic E-state index is 11.9. The smallest absolute Gasteiger partial charge is 0.417 e. The number of hydrogen-bond donors (Lipinski definition) is 2. The Morgan fingerprint density at radius 3 is 2.93 bits per heavy atom. The number of rotatable bonds is 6. The number of carbonyl (C=O) groups is 1. The summed E-state index contributed by atoms with van der Waals surface area (Å²) in [6.45, 7) is 0.272. The van der Waals surface area contributed by atoms with E-state index in [1.165, 1.54) is 11.3 Å². The molecule has 136 valence electrons. The van der Waals surface area contributed by atoms with Crippen LogP contribution in [-0.4, -0.2) is 22.5 Å². The van der Waals surface area contributed by atoms with Gasteiger partial charge in [0.05, 0.1) is 17.8 Å². The topological polar surface area (TPSA) is 97.2 Å². The lowest BCUT2D eigenvalue weighted by Gasteiger charge is -2.06. The highest BCUT2D eigenvalue weighted by Gasteiger charge is 2.09. The molecule has 0 fully saturated rings. The van der Waals surface area contributed by atoms with Crippen LogP contribution in [0.3, 0.4) is 0 Å². The first-order valence-electron chi connectivity index (χ1n) is 8.19. The Balaban J connectivity index is 1.36. The molecular formula is C19H15N3O4S. The standard InChI is InChI=1S/C19H15N3O4S/c23-17(10-25-13-4-2-1-3-5-13)20-9-18-21-15(11-27-18)12-6-7-14-16(8-12)26-19(24)22-14/h1-8,11H,9-10H2,(H,20,23)(H,22,24). The van der Waals surface area contributed by atoms with Gasteiger partial charge in [0.1, 0.15) is 10.8 Å². The van der Waals surface area contributed by atoms with E-state index < -0.39 is 5.76 Å². The van der Waals surface area contributed by atoms with Crippen molar-refractivity contribution in [3.63, 3.8) is 0 Å². The summed E-state index contributed by atoms with van der Waals surface area (Å²) in [7, 11) is 0. The van der Waals surface area contributed by atoms with Crippen LogP contribution in [0.5, 0.6) is 5.75 Å². The van der Waals surface area contributed by atoms with Gasteiger partial charge in [0.15, 0.2) is 12.2 Å². The van der Waals surface area contributed by atoms with Gasteiger partial charge in [-0.2, -0.15) is 0 Å². The number of ether oxygens (including phenoxy) is 1. The molecule has 0 saturated heterocycles. The SMILES string of the molecule is O=C(COc1ccccc1)NCc1nc(-c2ccc3[nH]c(=O)oc3c2)cs1. The first-order valence-corrected chi connectivity index (χ1v) is 9.07. The van der Waals surface area contributed by atoms with E-state index in [1.807, 2.05) is 29.6 Å². The van der Waals surface area contributed by atoms with E-state index >= 15 is 0 Å². The number of fused-ring (bicyclic) bond motifs is 1. The van der Waals surface area contributed by atoms with Gasteiger partial charge in [-0.1, -0.05) is 24.3 Å². The summed E-state index contributed by atoms with van der Waals surface area (Å²) in [4.78, 5) is 30.3. The highest BCUT2D eigenvalue weighted by Crippen LogP contribution is 2.24. The Hall–Kier alpha value is -3.39. The number of benzene rings is 2. The largest absolute Gasteiger partial charge is 0.484 e. The van der Waals surface area contributed by atoms with Crippen LogP contribution in [0, 0.1) is 0 Å².